The number of nitrogens with zero attached hydrogens (tertiary/aromatic N) is 3. The molecule has 4 heterocycles. The van der Waals surface area contributed by atoms with Gasteiger partial charge in [-0.05, 0) is 52.6 Å². The molecule has 50 heavy (non-hydrogen) atoms. The third-order valence-electron chi connectivity index (χ3n) is 10.2. The minimum atomic E-state index is 0.853. The molecule has 0 aliphatic rings. The first-order valence-electron chi connectivity index (χ1n) is 16.9. The zero-order valence-electron chi connectivity index (χ0n) is 26.8. The van der Waals surface area contributed by atoms with Gasteiger partial charge in [-0.2, -0.15) is 0 Å². The summed E-state index contributed by atoms with van der Waals surface area (Å²) in [4.78, 5) is 10.8. The predicted octanol–water partition coefficient (Wildman–Crippen LogP) is 12.3. The lowest BCUT2D eigenvalue weighted by atomic mass is 9.96. The number of furan rings is 1. The van der Waals surface area contributed by atoms with Crippen LogP contribution in [0.15, 0.2) is 168 Å². The van der Waals surface area contributed by atoms with Gasteiger partial charge in [-0.3, -0.25) is 4.57 Å². The molecule has 0 saturated heterocycles. The van der Waals surface area contributed by atoms with Crippen LogP contribution in [-0.2, 0) is 0 Å². The van der Waals surface area contributed by atoms with Crippen molar-refractivity contribution in [3.8, 4) is 28.2 Å². The number of rotatable bonds is 3. The van der Waals surface area contributed by atoms with Crippen LogP contribution in [0.2, 0.25) is 0 Å². The second kappa shape index (κ2) is 10.4. The van der Waals surface area contributed by atoms with Crippen molar-refractivity contribution in [2.75, 3.05) is 0 Å². The number of hydrogen-bond donors (Lipinski definition) is 0. The van der Waals surface area contributed by atoms with Crippen LogP contribution in [0, 0.1) is 0 Å². The van der Waals surface area contributed by atoms with E-state index in [1.54, 1.807) is 0 Å². The molecule has 0 fully saturated rings. The van der Waals surface area contributed by atoms with E-state index < -0.39 is 0 Å². The summed E-state index contributed by atoms with van der Waals surface area (Å²) in [6.45, 7) is 0. The highest BCUT2D eigenvalue weighted by atomic mass is 16.3. The molecule has 0 bridgehead atoms. The first kappa shape index (κ1) is 27.2. The van der Waals surface area contributed by atoms with E-state index in [9.17, 15) is 0 Å². The average Bonchev–Trinajstić information content (AvgIpc) is 3.74. The van der Waals surface area contributed by atoms with Gasteiger partial charge < -0.3 is 4.42 Å². The molecule has 232 valence electrons. The van der Waals surface area contributed by atoms with Crippen LogP contribution in [0.4, 0.5) is 0 Å². The number of benzene rings is 7. The highest BCUT2D eigenvalue weighted by Crippen LogP contribution is 2.44. The second-order valence-electron chi connectivity index (χ2n) is 12.9. The molecule has 7 aromatic carbocycles. The average molecular weight is 638 g/mol. The largest absolute Gasteiger partial charge is 0.455 e. The third-order valence-corrected chi connectivity index (χ3v) is 10.2. The summed E-state index contributed by atoms with van der Waals surface area (Å²) in [5, 5.41) is 10.3. The summed E-state index contributed by atoms with van der Waals surface area (Å²) < 4.78 is 8.97. The molecule has 0 saturated carbocycles. The molecule has 0 aliphatic heterocycles. The normalized spacial score (nSPS) is 12.0. The fraction of sp³-hybridized carbons (Fsp3) is 0. The van der Waals surface area contributed by atoms with Crippen molar-refractivity contribution in [1.82, 2.24) is 14.5 Å². The minimum absolute atomic E-state index is 0.853. The minimum Gasteiger partial charge on any atom is -0.455 e. The smallest absolute Gasteiger partial charge is 0.150 e. The van der Waals surface area contributed by atoms with Gasteiger partial charge in [0.2, 0.25) is 0 Å². The molecular weight excluding hydrogens is 611 g/mol. The van der Waals surface area contributed by atoms with Gasteiger partial charge in [0, 0.05) is 38.4 Å². The number of hydrogen-bond acceptors (Lipinski definition) is 3. The Hall–Kier alpha value is -6.78. The molecule has 0 aliphatic carbocycles. The Morgan fingerprint density at radius 1 is 0.420 bits per heavy atom. The Labute approximate surface area is 286 Å². The zero-order chi connectivity index (χ0) is 32.8. The lowest BCUT2D eigenvalue weighted by molar-refractivity contribution is 0.672. The summed E-state index contributed by atoms with van der Waals surface area (Å²) in [5.41, 5.74) is 9.68. The van der Waals surface area contributed by atoms with Crippen molar-refractivity contribution in [2.45, 2.75) is 0 Å². The summed E-state index contributed by atoms with van der Waals surface area (Å²) in [5.74, 6) is 0. The van der Waals surface area contributed by atoms with E-state index in [0.717, 1.165) is 77.6 Å². The first-order valence-corrected chi connectivity index (χ1v) is 16.9. The van der Waals surface area contributed by atoms with Crippen molar-refractivity contribution >= 4 is 76.3 Å². The number of fused-ring (bicyclic) bond motifs is 13. The van der Waals surface area contributed by atoms with Crippen LogP contribution in [0.5, 0.6) is 0 Å². The lowest BCUT2D eigenvalue weighted by Gasteiger charge is -2.12. The molecule has 0 amide bonds. The van der Waals surface area contributed by atoms with Crippen molar-refractivity contribution < 1.29 is 4.42 Å². The Morgan fingerprint density at radius 2 is 1.00 bits per heavy atom. The highest BCUT2D eigenvalue weighted by molar-refractivity contribution is 6.26. The molecule has 0 atom stereocenters. The van der Waals surface area contributed by atoms with Crippen LogP contribution in [-0.4, -0.2) is 14.5 Å². The van der Waals surface area contributed by atoms with E-state index in [2.05, 4.69) is 150 Å². The fourth-order valence-electron chi connectivity index (χ4n) is 7.94. The summed E-state index contributed by atoms with van der Waals surface area (Å²) in [6.07, 6.45) is 0. The molecule has 0 unspecified atom stereocenters. The van der Waals surface area contributed by atoms with E-state index in [4.69, 9.17) is 14.4 Å². The molecule has 4 aromatic heterocycles. The van der Waals surface area contributed by atoms with Gasteiger partial charge in [-0.25, -0.2) is 9.97 Å². The van der Waals surface area contributed by atoms with Crippen LogP contribution in [0.1, 0.15) is 0 Å². The predicted molar refractivity (Wildman–Crippen MR) is 207 cm³/mol. The third kappa shape index (κ3) is 3.81. The summed E-state index contributed by atoms with van der Waals surface area (Å²) in [7, 11) is 0. The van der Waals surface area contributed by atoms with Gasteiger partial charge in [-0.1, -0.05) is 127 Å². The first-order chi connectivity index (χ1) is 24.8. The molecular formula is C46H27N3O. The zero-order valence-corrected chi connectivity index (χ0v) is 26.8. The van der Waals surface area contributed by atoms with Gasteiger partial charge in [0.15, 0.2) is 0 Å². The SMILES string of the molecule is c1ccc(-n2c3ccccc3c3c4oc5ccccc5c4c(-c4ccc(-c5ccc6c7ccccc7c7ccccc7c6n5)cc4)nc32)cc1. The molecule has 0 N–H and O–H groups in total. The maximum Gasteiger partial charge on any atom is 0.150 e. The molecule has 4 nitrogen and oxygen atoms in total. The van der Waals surface area contributed by atoms with Crippen LogP contribution in [0.3, 0.4) is 0 Å². The Kier molecular flexibility index (Phi) is 5.63. The van der Waals surface area contributed by atoms with E-state index in [1.165, 1.54) is 26.9 Å². The fourth-order valence-corrected chi connectivity index (χ4v) is 7.94. The van der Waals surface area contributed by atoms with E-state index in [-0.39, 0.29) is 0 Å². The van der Waals surface area contributed by atoms with Crippen LogP contribution >= 0.6 is 0 Å². The standard InChI is InChI=1S/C46H27N3O/c1-2-12-30(13-3-1)49-39-20-10-8-18-36(39)42-45-41(37-19-9-11-21-40(37)50-45)43(48-46(42)49)29-24-22-28(23-25-29)38-27-26-35-33-16-5-4-14-31(33)32-15-6-7-17-34(32)44(35)47-38/h1-27H. The van der Waals surface area contributed by atoms with Crippen molar-refractivity contribution in [1.29, 1.82) is 0 Å². The van der Waals surface area contributed by atoms with E-state index in [1.807, 2.05) is 18.2 Å². The Bertz CT molecular complexity index is 3100. The topological polar surface area (TPSA) is 43.9 Å². The van der Waals surface area contributed by atoms with Crippen molar-refractivity contribution in [3.05, 3.63) is 164 Å². The Balaban J connectivity index is 1.14. The molecule has 0 spiro atoms. The second-order valence-corrected chi connectivity index (χ2v) is 12.9. The van der Waals surface area contributed by atoms with Gasteiger partial charge in [-0.15, -0.1) is 0 Å². The molecule has 4 heteroatoms. The number of aromatic nitrogens is 3. The van der Waals surface area contributed by atoms with Crippen molar-refractivity contribution in [3.63, 3.8) is 0 Å². The molecule has 0 radical (unpaired) electrons. The van der Waals surface area contributed by atoms with E-state index >= 15 is 0 Å². The van der Waals surface area contributed by atoms with Gasteiger partial charge >= 0.3 is 0 Å². The molecule has 11 aromatic rings. The van der Waals surface area contributed by atoms with E-state index in [0.29, 0.717) is 0 Å². The number of pyridine rings is 2. The van der Waals surface area contributed by atoms with Crippen LogP contribution in [0.25, 0.3) is 105 Å². The number of para-hydroxylation sites is 3. The quantitative estimate of drug-likeness (QED) is 0.181. The summed E-state index contributed by atoms with van der Waals surface area (Å²) in [6, 6.07) is 57.5. The monoisotopic (exact) mass is 637 g/mol. The van der Waals surface area contributed by atoms with Gasteiger partial charge in [0.1, 0.15) is 16.8 Å². The van der Waals surface area contributed by atoms with Crippen molar-refractivity contribution in [2.24, 2.45) is 0 Å². The van der Waals surface area contributed by atoms with Crippen LogP contribution < -0.4 is 0 Å². The maximum atomic E-state index is 6.72. The van der Waals surface area contributed by atoms with Gasteiger partial charge in [0.05, 0.1) is 33.2 Å². The maximum absolute atomic E-state index is 6.72. The molecule has 11 rings (SSSR count). The highest BCUT2D eigenvalue weighted by Gasteiger charge is 2.23. The Morgan fingerprint density at radius 3 is 1.76 bits per heavy atom. The summed E-state index contributed by atoms with van der Waals surface area (Å²) >= 11 is 0. The van der Waals surface area contributed by atoms with Gasteiger partial charge in [0.25, 0.3) is 0 Å². The lowest BCUT2D eigenvalue weighted by Crippen LogP contribution is -1.96.